The van der Waals surface area contributed by atoms with Crippen LogP contribution in [0.2, 0.25) is 0 Å². The lowest BCUT2D eigenvalue weighted by molar-refractivity contribution is 0.324. The highest BCUT2D eigenvalue weighted by molar-refractivity contribution is 9.10. The number of ether oxygens (including phenoxy) is 1. The van der Waals surface area contributed by atoms with Crippen molar-refractivity contribution in [3.05, 3.63) is 45.9 Å². The van der Waals surface area contributed by atoms with E-state index in [4.69, 9.17) is 4.74 Å². The van der Waals surface area contributed by atoms with E-state index in [1.165, 1.54) is 12.4 Å². The number of hydrogen-bond donors (Lipinski definition) is 1. The summed E-state index contributed by atoms with van der Waals surface area (Å²) in [4.78, 5) is 8.21. The summed E-state index contributed by atoms with van der Waals surface area (Å²) in [5.74, 6) is 0.931. The molecule has 2 rings (SSSR count). The Labute approximate surface area is 125 Å². The maximum atomic E-state index is 13.7. The Morgan fingerprint density at radius 1 is 1.35 bits per heavy atom. The lowest BCUT2D eigenvalue weighted by Gasteiger charge is -2.12. The molecule has 0 fully saturated rings. The Morgan fingerprint density at radius 2 is 2.15 bits per heavy atom. The summed E-state index contributed by atoms with van der Waals surface area (Å²) in [5, 5.41) is 3.10. The molecule has 1 N–H and O–H groups in total. The maximum absolute atomic E-state index is 13.7. The summed E-state index contributed by atoms with van der Waals surface area (Å²) in [5.41, 5.74) is 1.38. The molecule has 0 unspecified atom stereocenters. The fourth-order valence-electron chi connectivity index (χ4n) is 1.75. The van der Waals surface area contributed by atoms with Gasteiger partial charge >= 0.3 is 0 Å². The number of nitrogens with one attached hydrogen (secondary N) is 1. The molecule has 0 aliphatic carbocycles. The van der Waals surface area contributed by atoms with Crippen molar-refractivity contribution in [3.63, 3.8) is 0 Å². The third-order valence-corrected chi connectivity index (χ3v) is 3.27. The van der Waals surface area contributed by atoms with E-state index in [0.717, 1.165) is 10.0 Å². The maximum Gasteiger partial charge on any atom is 0.221 e. The molecule has 1 heterocycles. The van der Waals surface area contributed by atoms with E-state index in [1.807, 2.05) is 13.8 Å². The third kappa shape index (κ3) is 3.45. The predicted molar refractivity (Wildman–Crippen MR) is 79.4 cm³/mol. The molecule has 0 radical (unpaired) electrons. The number of anilines is 1. The molecule has 0 atom stereocenters. The Bertz CT molecular complexity index is 607. The topological polar surface area (TPSA) is 47.0 Å². The minimum atomic E-state index is -0.252. The number of aromatic nitrogens is 2. The van der Waals surface area contributed by atoms with Crippen molar-refractivity contribution in [1.82, 2.24) is 9.97 Å². The molecule has 0 bridgehead atoms. The van der Waals surface area contributed by atoms with Crippen molar-refractivity contribution in [2.24, 2.45) is 0 Å². The molecule has 0 amide bonds. The molecule has 0 saturated heterocycles. The van der Waals surface area contributed by atoms with Gasteiger partial charge in [-0.3, -0.25) is 0 Å². The molecule has 0 spiro atoms. The largest absolute Gasteiger partial charge is 0.478 e. The monoisotopic (exact) mass is 339 g/mol. The van der Waals surface area contributed by atoms with Gasteiger partial charge in [-0.1, -0.05) is 15.9 Å². The first-order valence-corrected chi connectivity index (χ1v) is 7.03. The molecule has 106 valence electrons. The highest BCUT2D eigenvalue weighted by Crippen LogP contribution is 2.22. The van der Waals surface area contributed by atoms with Gasteiger partial charge in [-0.25, -0.2) is 14.4 Å². The van der Waals surface area contributed by atoms with Crippen LogP contribution in [0.1, 0.15) is 18.1 Å². The summed E-state index contributed by atoms with van der Waals surface area (Å²) in [6.07, 6.45) is 1.43. The summed E-state index contributed by atoms with van der Waals surface area (Å²) in [6, 6.07) is 4.84. The average molecular weight is 340 g/mol. The van der Waals surface area contributed by atoms with Crippen LogP contribution in [0.3, 0.4) is 0 Å². The number of nitrogens with zero attached hydrogens (tertiary/aromatic N) is 2. The molecular weight excluding hydrogens is 325 g/mol. The van der Waals surface area contributed by atoms with Crippen molar-refractivity contribution in [1.29, 1.82) is 0 Å². The van der Waals surface area contributed by atoms with Crippen LogP contribution in [0, 0.1) is 12.7 Å². The molecule has 0 saturated carbocycles. The third-order valence-electron chi connectivity index (χ3n) is 2.77. The van der Waals surface area contributed by atoms with Gasteiger partial charge in [0.2, 0.25) is 5.88 Å². The van der Waals surface area contributed by atoms with Gasteiger partial charge in [0.25, 0.3) is 0 Å². The quantitative estimate of drug-likeness (QED) is 0.902. The van der Waals surface area contributed by atoms with Crippen LogP contribution in [-0.2, 0) is 6.54 Å². The van der Waals surface area contributed by atoms with Crippen LogP contribution < -0.4 is 10.1 Å². The Kier molecular flexibility index (Phi) is 4.89. The van der Waals surface area contributed by atoms with Crippen LogP contribution in [0.25, 0.3) is 0 Å². The minimum Gasteiger partial charge on any atom is -0.478 e. The summed E-state index contributed by atoms with van der Waals surface area (Å²) in [7, 11) is 0. The molecule has 20 heavy (non-hydrogen) atoms. The molecule has 4 nitrogen and oxygen atoms in total. The van der Waals surface area contributed by atoms with Gasteiger partial charge in [0.1, 0.15) is 18.0 Å². The number of halogens is 2. The van der Waals surface area contributed by atoms with E-state index in [0.29, 0.717) is 30.4 Å². The zero-order valence-corrected chi connectivity index (χ0v) is 12.9. The first-order chi connectivity index (χ1) is 9.61. The lowest BCUT2D eigenvalue weighted by Crippen LogP contribution is -2.07. The van der Waals surface area contributed by atoms with Gasteiger partial charge in [-0.05, 0) is 32.0 Å². The van der Waals surface area contributed by atoms with Crippen molar-refractivity contribution < 1.29 is 9.13 Å². The van der Waals surface area contributed by atoms with Gasteiger partial charge in [0.15, 0.2) is 0 Å². The van der Waals surface area contributed by atoms with Crippen molar-refractivity contribution >= 4 is 21.7 Å². The zero-order valence-electron chi connectivity index (χ0n) is 11.3. The lowest BCUT2D eigenvalue weighted by atomic mass is 10.2. The normalized spacial score (nSPS) is 10.4. The van der Waals surface area contributed by atoms with Gasteiger partial charge < -0.3 is 10.1 Å². The van der Waals surface area contributed by atoms with Gasteiger partial charge in [0, 0.05) is 16.6 Å². The van der Waals surface area contributed by atoms with Crippen LogP contribution in [-0.4, -0.2) is 16.6 Å². The Morgan fingerprint density at radius 3 is 2.90 bits per heavy atom. The van der Waals surface area contributed by atoms with Crippen LogP contribution in [0.4, 0.5) is 10.2 Å². The van der Waals surface area contributed by atoms with Gasteiger partial charge in [-0.15, -0.1) is 0 Å². The summed E-state index contributed by atoms with van der Waals surface area (Å²) >= 11 is 3.33. The number of hydrogen-bond acceptors (Lipinski definition) is 4. The molecular formula is C14H15BrFN3O. The SMILES string of the molecule is CCOc1ncnc(NCc2cc(Br)ccc2F)c1C. The van der Waals surface area contributed by atoms with Crippen molar-refractivity contribution in [2.45, 2.75) is 20.4 Å². The van der Waals surface area contributed by atoms with Crippen LogP contribution >= 0.6 is 15.9 Å². The van der Waals surface area contributed by atoms with E-state index >= 15 is 0 Å². The summed E-state index contributed by atoms with van der Waals surface area (Å²) in [6.45, 7) is 4.64. The highest BCUT2D eigenvalue weighted by atomic mass is 79.9. The minimum absolute atomic E-state index is 0.252. The number of rotatable bonds is 5. The molecule has 1 aromatic carbocycles. The molecule has 0 aliphatic rings. The van der Waals surface area contributed by atoms with E-state index in [-0.39, 0.29) is 5.82 Å². The fraction of sp³-hybridized carbons (Fsp3) is 0.286. The standard InChI is InChI=1S/C14H15BrFN3O/c1-3-20-14-9(2)13(18-8-19-14)17-7-10-6-11(15)4-5-12(10)16/h4-6,8H,3,7H2,1-2H3,(H,17,18,19). The predicted octanol–water partition coefficient (Wildman–Crippen LogP) is 3.70. The highest BCUT2D eigenvalue weighted by Gasteiger charge is 2.09. The van der Waals surface area contributed by atoms with Crippen molar-refractivity contribution in [3.8, 4) is 5.88 Å². The molecule has 2 aromatic rings. The second-order valence-electron chi connectivity index (χ2n) is 4.17. The van der Waals surface area contributed by atoms with E-state index in [9.17, 15) is 4.39 Å². The number of benzene rings is 1. The van der Waals surface area contributed by atoms with Crippen LogP contribution in [0.5, 0.6) is 5.88 Å². The van der Waals surface area contributed by atoms with Crippen LogP contribution in [0.15, 0.2) is 29.0 Å². The van der Waals surface area contributed by atoms with Crippen molar-refractivity contribution in [2.75, 3.05) is 11.9 Å². The molecule has 0 aliphatic heterocycles. The molecule has 6 heteroatoms. The summed E-state index contributed by atoms with van der Waals surface area (Å²) < 4.78 is 19.9. The first-order valence-electron chi connectivity index (χ1n) is 6.24. The van der Waals surface area contributed by atoms with Gasteiger partial charge in [0.05, 0.1) is 12.2 Å². The van der Waals surface area contributed by atoms with E-state index < -0.39 is 0 Å². The van der Waals surface area contributed by atoms with E-state index in [1.54, 1.807) is 12.1 Å². The zero-order chi connectivity index (χ0) is 14.5. The van der Waals surface area contributed by atoms with E-state index in [2.05, 4.69) is 31.2 Å². The second-order valence-corrected chi connectivity index (χ2v) is 5.09. The van der Waals surface area contributed by atoms with Gasteiger partial charge in [-0.2, -0.15) is 0 Å². The first kappa shape index (κ1) is 14.7. The fourth-order valence-corrected chi connectivity index (χ4v) is 2.16. The average Bonchev–Trinajstić information content (AvgIpc) is 2.43. The Hall–Kier alpha value is -1.69. The Balaban J connectivity index is 2.14. The smallest absolute Gasteiger partial charge is 0.221 e. The second kappa shape index (κ2) is 6.65. The molecule has 1 aromatic heterocycles.